The summed E-state index contributed by atoms with van der Waals surface area (Å²) in [6.45, 7) is 15.2. The molecular weight excluding hydrogens is 524 g/mol. The number of carboxylic acid groups (broad SMARTS) is 1. The van der Waals surface area contributed by atoms with E-state index in [1.165, 1.54) is 0 Å². The second kappa shape index (κ2) is 15.8. The van der Waals surface area contributed by atoms with Crippen LogP contribution in [0.2, 0.25) is 0 Å². The van der Waals surface area contributed by atoms with Gasteiger partial charge in [0.1, 0.15) is 41.0 Å². The maximum absolute atomic E-state index is 13.1. The van der Waals surface area contributed by atoms with E-state index in [1.807, 2.05) is 0 Å². The van der Waals surface area contributed by atoms with Gasteiger partial charge in [0, 0.05) is 0 Å². The standard InChI is InChI=1S/C27H50N4O9/c1-25(2,3)38-22(35)16(28)12-10-14-18(31-24(37)40-27(7,8)9)20(32)30-19(21(33)34)15-11-13-17(29)23(36)39-26(4,5)6/h16-19H,10-15,28-29H2,1-9H3,(H,30,32)(H,31,37)(H,33,34)/t16?,17?,18-,19-/m0/s1. The highest BCUT2D eigenvalue weighted by molar-refractivity contribution is 5.89. The monoisotopic (exact) mass is 574 g/mol. The van der Waals surface area contributed by atoms with E-state index >= 15 is 0 Å². The molecule has 0 radical (unpaired) electrons. The number of carboxylic acids is 1. The number of hydrogen-bond acceptors (Lipinski definition) is 10. The molecule has 0 saturated heterocycles. The second-order valence-electron chi connectivity index (χ2n) is 12.7. The van der Waals surface area contributed by atoms with Crippen molar-refractivity contribution in [2.75, 3.05) is 0 Å². The molecule has 0 aliphatic carbocycles. The van der Waals surface area contributed by atoms with Crippen molar-refractivity contribution in [2.24, 2.45) is 11.5 Å². The van der Waals surface area contributed by atoms with Crippen molar-refractivity contribution in [1.82, 2.24) is 10.6 Å². The SMILES string of the molecule is CC(C)(C)OC(=O)N[C@@H](CCCC(N)C(=O)OC(C)(C)C)C(=O)N[C@@H](CCCC(N)C(=O)OC(C)(C)C)C(=O)O. The van der Waals surface area contributed by atoms with Crippen LogP contribution in [0.5, 0.6) is 0 Å². The number of esters is 2. The third-order valence-corrected chi connectivity index (χ3v) is 5.06. The van der Waals surface area contributed by atoms with E-state index in [9.17, 15) is 29.1 Å². The summed E-state index contributed by atoms with van der Waals surface area (Å²) >= 11 is 0. The molecule has 13 heteroatoms. The van der Waals surface area contributed by atoms with Crippen LogP contribution in [0.25, 0.3) is 0 Å². The molecule has 4 atom stereocenters. The van der Waals surface area contributed by atoms with Crippen molar-refractivity contribution in [1.29, 1.82) is 0 Å². The Balaban J connectivity index is 5.28. The molecule has 0 aliphatic rings. The highest BCUT2D eigenvalue weighted by Crippen LogP contribution is 2.14. The number of carbonyl (C=O) groups is 5. The van der Waals surface area contributed by atoms with Gasteiger partial charge in [-0.25, -0.2) is 9.59 Å². The lowest BCUT2D eigenvalue weighted by molar-refractivity contribution is -0.157. The van der Waals surface area contributed by atoms with E-state index < -0.39 is 70.9 Å². The highest BCUT2D eigenvalue weighted by atomic mass is 16.6. The predicted octanol–water partition coefficient (Wildman–Crippen LogP) is 2.13. The minimum atomic E-state index is -1.30. The summed E-state index contributed by atoms with van der Waals surface area (Å²) < 4.78 is 15.7. The fraction of sp³-hybridized carbons (Fsp3) is 0.815. The number of nitrogens with one attached hydrogen (secondary N) is 2. The Bertz CT molecular complexity index is 873. The van der Waals surface area contributed by atoms with Crippen LogP contribution in [-0.2, 0) is 33.4 Å². The maximum Gasteiger partial charge on any atom is 0.408 e. The summed E-state index contributed by atoms with van der Waals surface area (Å²) in [4.78, 5) is 61.5. The van der Waals surface area contributed by atoms with Crippen molar-refractivity contribution in [3.05, 3.63) is 0 Å². The fourth-order valence-electron chi connectivity index (χ4n) is 3.32. The topological polar surface area (TPSA) is 209 Å². The lowest BCUT2D eigenvalue weighted by Crippen LogP contribution is -2.52. The molecule has 0 aromatic rings. The van der Waals surface area contributed by atoms with Gasteiger partial charge in [-0.3, -0.25) is 14.4 Å². The van der Waals surface area contributed by atoms with Crippen LogP contribution in [0.4, 0.5) is 4.79 Å². The Morgan fingerprint density at radius 1 is 0.625 bits per heavy atom. The molecular formula is C27H50N4O9. The first-order chi connectivity index (χ1) is 18.0. The number of amides is 2. The van der Waals surface area contributed by atoms with Gasteiger partial charge in [0.2, 0.25) is 5.91 Å². The summed E-state index contributed by atoms with van der Waals surface area (Å²) in [5.41, 5.74) is 9.53. The average Bonchev–Trinajstić information content (AvgIpc) is 2.73. The third-order valence-electron chi connectivity index (χ3n) is 5.06. The zero-order valence-electron chi connectivity index (χ0n) is 25.4. The van der Waals surface area contributed by atoms with Gasteiger partial charge in [-0.05, 0) is 101 Å². The summed E-state index contributed by atoms with van der Waals surface area (Å²) in [6, 6.07) is -4.35. The summed E-state index contributed by atoms with van der Waals surface area (Å²) in [5.74, 6) is -3.23. The Morgan fingerprint density at radius 3 is 1.35 bits per heavy atom. The number of nitrogens with two attached hydrogens (primary N) is 2. The van der Waals surface area contributed by atoms with Crippen molar-refractivity contribution in [2.45, 2.75) is 142 Å². The van der Waals surface area contributed by atoms with Crippen molar-refractivity contribution < 1.29 is 43.3 Å². The molecule has 0 aromatic carbocycles. The number of carbonyl (C=O) groups excluding carboxylic acids is 4. The lowest BCUT2D eigenvalue weighted by atomic mass is 10.0. The molecule has 0 aliphatic heterocycles. The molecule has 40 heavy (non-hydrogen) atoms. The Hall–Kier alpha value is -2.93. The van der Waals surface area contributed by atoms with E-state index in [0.717, 1.165) is 0 Å². The summed E-state index contributed by atoms with van der Waals surface area (Å²) in [6.07, 6.45) is -0.0450. The van der Waals surface area contributed by atoms with Gasteiger partial charge >= 0.3 is 24.0 Å². The minimum absolute atomic E-state index is 0.0136. The summed E-state index contributed by atoms with van der Waals surface area (Å²) in [7, 11) is 0. The number of rotatable bonds is 14. The number of aliphatic carboxylic acids is 1. The third kappa shape index (κ3) is 17.6. The Kier molecular flexibility index (Phi) is 14.6. The molecule has 2 unspecified atom stereocenters. The van der Waals surface area contributed by atoms with E-state index in [-0.39, 0.29) is 38.5 Å². The van der Waals surface area contributed by atoms with E-state index in [1.54, 1.807) is 62.3 Å². The number of ether oxygens (including phenoxy) is 3. The van der Waals surface area contributed by atoms with Crippen molar-refractivity contribution in [3.8, 4) is 0 Å². The van der Waals surface area contributed by atoms with E-state index in [2.05, 4.69) is 10.6 Å². The van der Waals surface area contributed by atoms with Crippen LogP contribution in [0.3, 0.4) is 0 Å². The van der Waals surface area contributed by atoms with E-state index in [0.29, 0.717) is 0 Å². The molecule has 0 heterocycles. The summed E-state index contributed by atoms with van der Waals surface area (Å²) in [5, 5.41) is 14.5. The molecule has 0 spiro atoms. The van der Waals surface area contributed by atoms with Gasteiger partial charge in [-0.15, -0.1) is 0 Å². The molecule has 2 amide bonds. The average molecular weight is 575 g/mol. The van der Waals surface area contributed by atoms with Gasteiger partial charge in [-0.2, -0.15) is 0 Å². The van der Waals surface area contributed by atoms with Crippen LogP contribution in [0.15, 0.2) is 0 Å². The van der Waals surface area contributed by atoms with Crippen molar-refractivity contribution in [3.63, 3.8) is 0 Å². The first-order valence-electron chi connectivity index (χ1n) is 13.5. The highest BCUT2D eigenvalue weighted by Gasteiger charge is 2.30. The first kappa shape index (κ1) is 37.1. The normalized spacial score (nSPS) is 15.2. The number of alkyl carbamates (subject to hydrolysis) is 1. The predicted molar refractivity (Wildman–Crippen MR) is 148 cm³/mol. The van der Waals surface area contributed by atoms with Gasteiger partial charge in [0.15, 0.2) is 0 Å². The molecule has 7 N–H and O–H groups in total. The van der Waals surface area contributed by atoms with Gasteiger partial charge in [0.05, 0.1) is 0 Å². The minimum Gasteiger partial charge on any atom is -0.480 e. The molecule has 0 fully saturated rings. The molecule has 0 rings (SSSR count). The largest absolute Gasteiger partial charge is 0.480 e. The molecule has 232 valence electrons. The molecule has 0 aromatic heterocycles. The molecule has 13 nitrogen and oxygen atoms in total. The van der Waals surface area contributed by atoms with Crippen LogP contribution >= 0.6 is 0 Å². The van der Waals surface area contributed by atoms with Gasteiger partial charge < -0.3 is 41.4 Å². The zero-order chi connectivity index (χ0) is 31.5. The van der Waals surface area contributed by atoms with Crippen LogP contribution in [-0.4, -0.2) is 76.0 Å². The Morgan fingerprint density at radius 2 is 1.00 bits per heavy atom. The second-order valence-corrected chi connectivity index (χ2v) is 12.7. The zero-order valence-corrected chi connectivity index (χ0v) is 25.4. The molecule has 0 saturated carbocycles. The van der Waals surface area contributed by atoms with Crippen LogP contribution in [0, 0.1) is 0 Å². The number of hydrogen-bond donors (Lipinski definition) is 5. The smallest absolute Gasteiger partial charge is 0.408 e. The van der Waals surface area contributed by atoms with Gasteiger partial charge in [0.25, 0.3) is 0 Å². The quantitative estimate of drug-likeness (QED) is 0.150. The van der Waals surface area contributed by atoms with Crippen molar-refractivity contribution >= 4 is 29.9 Å². The van der Waals surface area contributed by atoms with Crippen LogP contribution in [0.1, 0.15) is 101 Å². The Labute approximate surface area is 237 Å². The maximum atomic E-state index is 13.1. The fourth-order valence-corrected chi connectivity index (χ4v) is 3.32. The van der Waals surface area contributed by atoms with E-state index in [4.69, 9.17) is 25.7 Å². The lowest BCUT2D eigenvalue weighted by Gasteiger charge is -2.25. The van der Waals surface area contributed by atoms with Crippen LogP contribution < -0.4 is 22.1 Å². The first-order valence-corrected chi connectivity index (χ1v) is 13.5. The molecule has 0 bridgehead atoms. The van der Waals surface area contributed by atoms with Gasteiger partial charge in [-0.1, -0.05) is 0 Å².